The Kier molecular flexibility index (Phi) is 12.2. The first-order valence-electron chi connectivity index (χ1n) is 2.63. The molecule has 2 nitrogen and oxygen atoms in total. The third-order valence-electron chi connectivity index (χ3n) is 0.723. The van der Waals surface area contributed by atoms with Crippen molar-refractivity contribution in [2.45, 2.75) is 19.8 Å². The van der Waals surface area contributed by atoms with Gasteiger partial charge in [0.1, 0.15) is 0 Å². The zero-order valence-electron chi connectivity index (χ0n) is 4.89. The average molecular weight is 158 g/mol. The minimum atomic E-state index is -0.765. The molecular weight excluding hydrogens is 147 g/mol. The molecule has 0 atom stereocenters. The van der Waals surface area contributed by atoms with E-state index in [0.717, 1.165) is 30.4 Å². The molecule has 1 N–H and O–H groups in total. The van der Waals surface area contributed by atoms with Crippen LogP contribution >= 0.6 is 11.8 Å². The molecule has 0 unspecified atom stereocenters. The van der Waals surface area contributed by atoms with Gasteiger partial charge in [-0.3, -0.25) is 0 Å². The quantitative estimate of drug-likeness (QED) is 0.500. The van der Waals surface area contributed by atoms with Gasteiger partial charge in [0.2, 0.25) is 0 Å². The molecule has 0 saturated carbocycles. The predicted octanol–water partition coefficient (Wildman–Crippen LogP) is 1.55. The second-order valence-corrected chi connectivity index (χ2v) is 2.51. The molecule has 0 aromatic rings. The minimum absolute atomic E-state index is 0. The number of rotatable bonds is 3. The molecule has 4 heteroatoms. The first-order valence-corrected chi connectivity index (χ1v) is 3.61. The van der Waals surface area contributed by atoms with Gasteiger partial charge in [0.15, 0.2) is 0 Å². The van der Waals surface area contributed by atoms with Crippen LogP contribution < -0.4 is 0 Å². The molecule has 0 spiro atoms. The topological polar surface area (TPSA) is 37.3 Å². The summed E-state index contributed by atoms with van der Waals surface area (Å²) < 4.78 is 0. The SMILES string of the molecule is CCCCSC(=O)O.[NaH]. The fraction of sp³-hybridized carbons (Fsp3) is 0.800. The van der Waals surface area contributed by atoms with Crippen LogP contribution in [0.3, 0.4) is 0 Å². The van der Waals surface area contributed by atoms with Gasteiger partial charge < -0.3 is 5.11 Å². The number of unbranched alkanes of at least 4 members (excludes halogenated alkanes) is 1. The van der Waals surface area contributed by atoms with E-state index in [1.165, 1.54) is 0 Å². The monoisotopic (exact) mass is 158 g/mol. The number of carbonyl (C=O) groups is 1. The normalized spacial score (nSPS) is 8.11. The summed E-state index contributed by atoms with van der Waals surface area (Å²) in [7, 11) is 0. The van der Waals surface area contributed by atoms with Crippen molar-refractivity contribution in [3.8, 4) is 0 Å². The van der Waals surface area contributed by atoms with Crippen molar-refractivity contribution in [2.75, 3.05) is 5.75 Å². The summed E-state index contributed by atoms with van der Waals surface area (Å²) >= 11 is 0.972. The van der Waals surface area contributed by atoms with E-state index in [-0.39, 0.29) is 29.6 Å². The number of hydrogen-bond donors (Lipinski definition) is 1. The van der Waals surface area contributed by atoms with Gasteiger partial charge in [0.05, 0.1) is 0 Å². The third kappa shape index (κ3) is 12.1. The van der Waals surface area contributed by atoms with Crippen LogP contribution in [0, 0.1) is 0 Å². The van der Waals surface area contributed by atoms with Crippen LogP contribution in [0.2, 0.25) is 0 Å². The van der Waals surface area contributed by atoms with Gasteiger partial charge in [-0.25, -0.2) is 4.79 Å². The summed E-state index contributed by atoms with van der Waals surface area (Å²) in [6, 6.07) is 0. The molecule has 0 radical (unpaired) electrons. The van der Waals surface area contributed by atoms with Crippen molar-refractivity contribution in [1.82, 2.24) is 0 Å². The summed E-state index contributed by atoms with van der Waals surface area (Å²) in [5.41, 5.74) is 0. The van der Waals surface area contributed by atoms with E-state index >= 15 is 0 Å². The molecular formula is C5H11NaO2S. The molecule has 0 fully saturated rings. The van der Waals surface area contributed by atoms with Crippen molar-refractivity contribution in [3.63, 3.8) is 0 Å². The molecule has 0 aromatic carbocycles. The van der Waals surface area contributed by atoms with E-state index < -0.39 is 5.30 Å². The molecule has 0 aromatic heterocycles. The Labute approximate surface area is 81.7 Å². The van der Waals surface area contributed by atoms with Gasteiger partial charge >= 0.3 is 34.9 Å². The molecule has 0 heterocycles. The molecule has 0 rings (SSSR count). The Morgan fingerprint density at radius 1 is 1.67 bits per heavy atom. The van der Waals surface area contributed by atoms with E-state index in [1.54, 1.807) is 0 Å². The van der Waals surface area contributed by atoms with Crippen LogP contribution in [-0.2, 0) is 0 Å². The van der Waals surface area contributed by atoms with Crippen molar-refractivity contribution in [2.24, 2.45) is 0 Å². The maximum atomic E-state index is 9.84. The van der Waals surface area contributed by atoms with Gasteiger partial charge in [0, 0.05) is 5.75 Å². The van der Waals surface area contributed by atoms with Crippen LogP contribution in [0.25, 0.3) is 0 Å². The van der Waals surface area contributed by atoms with E-state index in [2.05, 4.69) is 0 Å². The molecule has 0 aliphatic heterocycles. The summed E-state index contributed by atoms with van der Waals surface area (Å²) in [6.07, 6.45) is 2.07. The van der Waals surface area contributed by atoms with Crippen LogP contribution in [-0.4, -0.2) is 45.7 Å². The number of carboxylic acid groups (broad SMARTS) is 1. The molecule has 0 amide bonds. The van der Waals surface area contributed by atoms with Crippen molar-refractivity contribution >= 4 is 46.6 Å². The van der Waals surface area contributed by atoms with Gasteiger partial charge in [-0.05, 0) is 18.2 Å². The van der Waals surface area contributed by atoms with Crippen LogP contribution in [0.1, 0.15) is 19.8 Å². The molecule has 0 aliphatic carbocycles. The number of hydrogen-bond acceptors (Lipinski definition) is 2. The molecule has 9 heavy (non-hydrogen) atoms. The summed E-state index contributed by atoms with van der Waals surface area (Å²) in [5.74, 6) is 0.742. The Morgan fingerprint density at radius 2 is 2.22 bits per heavy atom. The first-order chi connectivity index (χ1) is 3.77. The van der Waals surface area contributed by atoms with E-state index in [9.17, 15) is 4.79 Å². The zero-order chi connectivity index (χ0) is 6.41. The van der Waals surface area contributed by atoms with E-state index in [1.807, 2.05) is 6.92 Å². The van der Waals surface area contributed by atoms with Gasteiger partial charge in [-0.15, -0.1) is 0 Å². The van der Waals surface area contributed by atoms with Crippen LogP contribution in [0.4, 0.5) is 4.79 Å². The van der Waals surface area contributed by atoms with Gasteiger partial charge in [0.25, 0.3) is 0 Å². The van der Waals surface area contributed by atoms with Crippen molar-refractivity contribution < 1.29 is 9.90 Å². The Bertz CT molecular complexity index is 77.4. The predicted molar refractivity (Wildman–Crippen MR) is 42.5 cm³/mol. The van der Waals surface area contributed by atoms with Gasteiger partial charge in [-0.1, -0.05) is 13.3 Å². The zero-order valence-corrected chi connectivity index (χ0v) is 5.70. The molecule has 0 aliphatic rings. The number of thioether (sulfide) groups is 1. The Morgan fingerprint density at radius 3 is 2.56 bits per heavy atom. The fourth-order valence-electron chi connectivity index (χ4n) is 0.304. The Balaban J connectivity index is 0. The van der Waals surface area contributed by atoms with Crippen molar-refractivity contribution in [1.29, 1.82) is 0 Å². The Hall–Kier alpha value is 0.820. The molecule has 0 saturated heterocycles. The molecule has 0 bridgehead atoms. The standard InChI is InChI=1S/C5H10O2S.Na.H/c1-2-3-4-8-5(6)7;;/h2-4H2,1H3,(H,6,7);;. The second kappa shape index (κ2) is 8.82. The fourth-order valence-corrected chi connectivity index (χ4v) is 0.911. The first kappa shape index (κ1) is 12.5. The van der Waals surface area contributed by atoms with Crippen molar-refractivity contribution in [3.05, 3.63) is 0 Å². The summed E-state index contributed by atoms with van der Waals surface area (Å²) in [6.45, 7) is 2.04. The average Bonchev–Trinajstić information content (AvgIpc) is 1.66. The van der Waals surface area contributed by atoms with E-state index in [4.69, 9.17) is 5.11 Å². The van der Waals surface area contributed by atoms with E-state index in [0.29, 0.717) is 0 Å². The summed E-state index contributed by atoms with van der Waals surface area (Å²) in [4.78, 5) is 9.84. The molecule has 50 valence electrons. The second-order valence-electron chi connectivity index (χ2n) is 1.47. The maximum absolute atomic E-state index is 9.84. The third-order valence-corrected chi connectivity index (χ3v) is 1.46. The van der Waals surface area contributed by atoms with Crippen LogP contribution in [0.15, 0.2) is 0 Å². The summed E-state index contributed by atoms with van der Waals surface area (Å²) in [5, 5.41) is 7.34. The van der Waals surface area contributed by atoms with Gasteiger partial charge in [-0.2, -0.15) is 0 Å². The van der Waals surface area contributed by atoms with Crippen LogP contribution in [0.5, 0.6) is 0 Å².